The van der Waals surface area contributed by atoms with Crippen molar-refractivity contribution in [3.05, 3.63) is 23.4 Å². The maximum Gasteiger partial charge on any atom is 0.236 e. The Morgan fingerprint density at radius 2 is 1.96 bits per heavy atom. The van der Waals surface area contributed by atoms with Crippen molar-refractivity contribution in [3.8, 4) is 0 Å². The Bertz CT molecular complexity index is 552. The minimum atomic E-state index is -0.0396. The number of hydrogen-bond donors (Lipinski definition) is 1. The van der Waals surface area contributed by atoms with Crippen LogP contribution in [0.4, 0.5) is 5.82 Å². The molecule has 2 heterocycles. The summed E-state index contributed by atoms with van der Waals surface area (Å²) in [5.41, 5.74) is 0. The predicted molar refractivity (Wildman–Crippen MR) is 95.0 cm³/mol. The van der Waals surface area contributed by atoms with Gasteiger partial charge in [0.05, 0.1) is 11.6 Å². The summed E-state index contributed by atoms with van der Waals surface area (Å²) in [6, 6.07) is 3.39. The van der Waals surface area contributed by atoms with E-state index in [2.05, 4.69) is 15.2 Å². The fourth-order valence-corrected chi connectivity index (χ4v) is 3.01. The zero-order valence-electron chi connectivity index (χ0n) is 14.3. The quantitative estimate of drug-likeness (QED) is 0.852. The molecule has 0 radical (unpaired) electrons. The Labute approximate surface area is 148 Å². The number of halogens is 1. The molecule has 6 nitrogen and oxygen atoms in total. The minimum absolute atomic E-state index is 0.0143. The number of hydrogen-bond acceptors (Lipinski definition) is 4. The molecule has 0 saturated carbocycles. The molecule has 1 aromatic rings. The van der Waals surface area contributed by atoms with Gasteiger partial charge >= 0.3 is 0 Å². The molecular formula is C17H25ClN4O2. The third kappa shape index (κ3) is 5.18. The van der Waals surface area contributed by atoms with Crippen LogP contribution in [0.1, 0.15) is 26.7 Å². The number of amides is 2. The molecule has 0 spiro atoms. The molecule has 132 valence electrons. The lowest BCUT2D eigenvalue weighted by atomic mass is 9.96. The van der Waals surface area contributed by atoms with Crippen molar-refractivity contribution in [2.45, 2.75) is 26.7 Å². The molecule has 0 atom stereocenters. The summed E-state index contributed by atoms with van der Waals surface area (Å²) in [6.45, 7) is 7.42. The lowest BCUT2D eigenvalue weighted by molar-refractivity contribution is -0.132. The number of likely N-dealkylation sites (N-methyl/N-ethyl adjacent to an activating group) is 1. The van der Waals surface area contributed by atoms with Gasteiger partial charge in [0.15, 0.2) is 0 Å². The number of carbonyl (C=O) groups excluding carboxylic acids is 2. The van der Waals surface area contributed by atoms with Crippen LogP contribution in [0, 0.1) is 5.92 Å². The van der Waals surface area contributed by atoms with Crippen LogP contribution < -0.4 is 5.32 Å². The van der Waals surface area contributed by atoms with Crippen molar-refractivity contribution in [1.29, 1.82) is 0 Å². The highest BCUT2D eigenvalue weighted by atomic mass is 35.5. The van der Waals surface area contributed by atoms with Gasteiger partial charge in [0.2, 0.25) is 11.8 Å². The second-order valence-electron chi connectivity index (χ2n) is 5.97. The summed E-state index contributed by atoms with van der Waals surface area (Å²) in [4.78, 5) is 32.5. The minimum Gasteiger partial charge on any atom is -0.342 e. The third-order valence-corrected chi connectivity index (χ3v) is 4.64. The van der Waals surface area contributed by atoms with Gasteiger partial charge in [-0.05, 0) is 51.9 Å². The number of carbonyl (C=O) groups is 2. The molecule has 1 N–H and O–H groups in total. The van der Waals surface area contributed by atoms with Gasteiger partial charge in [-0.1, -0.05) is 11.6 Å². The number of likely N-dealkylation sites (tertiary alicyclic amines) is 1. The highest BCUT2D eigenvalue weighted by Gasteiger charge is 2.26. The summed E-state index contributed by atoms with van der Waals surface area (Å²) in [7, 11) is 0. The molecule has 24 heavy (non-hydrogen) atoms. The average Bonchev–Trinajstić information content (AvgIpc) is 2.58. The molecule has 7 heteroatoms. The molecule has 2 amide bonds. The van der Waals surface area contributed by atoms with E-state index in [0.29, 0.717) is 17.4 Å². The molecule has 0 aliphatic carbocycles. The van der Waals surface area contributed by atoms with Crippen LogP contribution in [0.3, 0.4) is 0 Å². The zero-order chi connectivity index (χ0) is 17.5. The van der Waals surface area contributed by atoms with E-state index in [1.54, 1.807) is 12.1 Å². The van der Waals surface area contributed by atoms with E-state index >= 15 is 0 Å². The van der Waals surface area contributed by atoms with E-state index < -0.39 is 0 Å². The molecule has 1 aliphatic rings. The highest BCUT2D eigenvalue weighted by Crippen LogP contribution is 2.19. The fraction of sp³-hybridized carbons (Fsp3) is 0.588. The first-order valence-corrected chi connectivity index (χ1v) is 8.83. The van der Waals surface area contributed by atoms with Crippen LogP contribution >= 0.6 is 11.6 Å². The summed E-state index contributed by atoms with van der Waals surface area (Å²) >= 11 is 5.79. The van der Waals surface area contributed by atoms with E-state index in [0.717, 1.165) is 39.0 Å². The maximum absolute atomic E-state index is 12.3. The van der Waals surface area contributed by atoms with E-state index in [4.69, 9.17) is 11.6 Å². The Hall–Kier alpha value is -1.66. The van der Waals surface area contributed by atoms with Gasteiger partial charge in [0, 0.05) is 25.2 Å². The second kappa shape index (κ2) is 8.99. The van der Waals surface area contributed by atoms with E-state index in [-0.39, 0.29) is 17.7 Å². The van der Waals surface area contributed by atoms with Gasteiger partial charge in [0.25, 0.3) is 0 Å². The highest BCUT2D eigenvalue weighted by molar-refractivity contribution is 6.30. The lowest BCUT2D eigenvalue weighted by Crippen LogP contribution is -2.44. The number of nitrogens with one attached hydrogen (secondary N) is 1. The van der Waals surface area contributed by atoms with Crippen LogP contribution in [0.25, 0.3) is 0 Å². The summed E-state index contributed by atoms with van der Waals surface area (Å²) < 4.78 is 0. The van der Waals surface area contributed by atoms with Crippen molar-refractivity contribution in [2.24, 2.45) is 5.92 Å². The molecule has 1 fully saturated rings. The lowest BCUT2D eigenvalue weighted by Gasteiger charge is -2.32. The third-order valence-electron chi connectivity index (χ3n) is 4.41. The van der Waals surface area contributed by atoms with Crippen molar-refractivity contribution >= 4 is 29.2 Å². The Morgan fingerprint density at radius 3 is 2.50 bits per heavy atom. The van der Waals surface area contributed by atoms with E-state index in [1.807, 2.05) is 18.7 Å². The number of rotatable bonds is 6. The normalized spacial score (nSPS) is 16.0. The summed E-state index contributed by atoms with van der Waals surface area (Å²) in [6.07, 6.45) is 3.02. The summed E-state index contributed by atoms with van der Waals surface area (Å²) in [5.74, 6) is 0.624. The van der Waals surface area contributed by atoms with Crippen LogP contribution in [-0.4, -0.2) is 59.3 Å². The van der Waals surface area contributed by atoms with Crippen LogP contribution in [-0.2, 0) is 9.59 Å². The largest absolute Gasteiger partial charge is 0.342 e. The first-order chi connectivity index (χ1) is 11.5. The standard InChI is InChI=1S/C17H25ClN4O2/c1-3-22(4-2)16(23)12-21-9-7-13(8-10-21)17(24)20-15-6-5-14(18)11-19-15/h5-6,11,13H,3-4,7-10,12H2,1-2H3,(H,19,20,24). The maximum atomic E-state index is 12.3. The number of nitrogens with zero attached hydrogens (tertiary/aromatic N) is 3. The van der Waals surface area contributed by atoms with Gasteiger partial charge in [-0.25, -0.2) is 4.98 Å². The van der Waals surface area contributed by atoms with Gasteiger partial charge in [0.1, 0.15) is 5.82 Å². The topological polar surface area (TPSA) is 65.5 Å². The summed E-state index contributed by atoms with van der Waals surface area (Å²) in [5, 5.41) is 3.37. The van der Waals surface area contributed by atoms with E-state index in [9.17, 15) is 9.59 Å². The molecule has 1 aromatic heterocycles. The van der Waals surface area contributed by atoms with Crippen LogP contribution in [0.5, 0.6) is 0 Å². The van der Waals surface area contributed by atoms with Gasteiger partial charge in [-0.2, -0.15) is 0 Å². The van der Waals surface area contributed by atoms with Crippen LogP contribution in [0.15, 0.2) is 18.3 Å². The van der Waals surface area contributed by atoms with Crippen LogP contribution in [0.2, 0.25) is 5.02 Å². The SMILES string of the molecule is CCN(CC)C(=O)CN1CCC(C(=O)Nc2ccc(Cl)cn2)CC1. The van der Waals surface area contributed by atoms with Crippen molar-refractivity contribution in [1.82, 2.24) is 14.8 Å². The molecule has 0 aromatic carbocycles. The van der Waals surface area contributed by atoms with Crippen molar-refractivity contribution in [3.63, 3.8) is 0 Å². The first-order valence-electron chi connectivity index (χ1n) is 8.46. The number of piperidine rings is 1. The molecule has 1 saturated heterocycles. The second-order valence-corrected chi connectivity index (χ2v) is 6.40. The zero-order valence-corrected chi connectivity index (χ0v) is 15.1. The van der Waals surface area contributed by atoms with Gasteiger partial charge in [-0.3, -0.25) is 14.5 Å². The van der Waals surface area contributed by atoms with Gasteiger partial charge < -0.3 is 10.2 Å². The molecular weight excluding hydrogens is 328 g/mol. The predicted octanol–water partition coefficient (Wildman–Crippen LogP) is 2.25. The number of anilines is 1. The molecule has 0 bridgehead atoms. The molecule has 1 aliphatic heterocycles. The Morgan fingerprint density at radius 1 is 1.29 bits per heavy atom. The Kier molecular flexibility index (Phi) is 6.99. The fourth-order valence-electron chi connectivity index (χ4n) is 2.90. The molecule has 0 unspecified atom stereocenters. The Balaban J connectivity index is 1.78. The smallest absolute Gasteiger partial charge is 0.236 e. The number of pyridine rings is 1. The van der Waals surface area contributed by atoms with E-state index in [1.165, 1.54) is 6.20 Å². The monoisotopic (exact) mass is 352 g/mol. The van der Waals surface area contributed by atoms with Crippen molar-refractivity contribution in [2.75, 3.05) is 38.0 Å². The van der Waals surface area contributed by atoms with Gasteiger partial charge in [-0.15, -0.1) is 0 Å². The van der Waals surface area contributed by atoms with Crippen molar-refractivity contribution < 1.29 is 9.59 Å². The molecule has 2 rings (SSSR count). The average molecular weight is 353 g/mol. The first kappa shape index (κ1) is 18.7. The number of aromatic nitrogens is 1.